The normalized spacial score (nSPS) is 12.2. The molecular formula is C60H110O6. The molecule has 0 rings (SSSR count). The van der Waals surface area contributed by atoms with E-state index in [0.29, 0.717) is 19.3 Å². The second-order valence-corrected chi connectivity index (χ2v) is 19.6. The third-order valence-corrected chi connectivity index (χ3v) is 12.9. The Balaban J connectivity index is 4.01. The molecule has 1 atom stereocenters. The van der Waals surface area contributed by atoms with E-state index in [0.717, 1.165) is 77.0 Å². The van der Waals surface area contributed by atoms with Crippen molar-refractivity contribution in [2.45, 2.75) is 316 Å². The maximum absolute atomic E-state index is 12.8. The van der Waals surface area contributed by atoms with Crippen LogP contribution in [0.5, 0.6) is 0 Å². The van der Waals surface area contributed by atoms with Gasteiger partial charge in [-0.15, -0.1) is 0 Å². The van der Waals surface area contributed by atoms with Crippen molar-refractivity contribution >= 4 is 17.9 Å². The molecule has 0 bridgehead atoms. The SMILES string of the molecule is CCCCCCC/C=C\C/C=C\CCCCCCCCCCCCCCCCCC(=O)OCC(COC(=O)CCCCCCC)OC(=O)CCCCCCC/C=C\CCCCCCCCC. The molecule has 386 valence electrons. The summed E-state index contributed by atoms with van der Waals surface area (Å²) in [6, 6.07) is 0. The van der Waals surface area contributed by atoms with E-state index in [9.17, 15) is 14.4 Å². The Hall–Kier alpha value is -2.37. The molecule has 0 N–H and O–H groups in total. The van der Waals surface area contributed by atoms with Crippen molar-refractivity contribution in [1.82, 2.24) is 0 Å². The van der Waals surface area contributed by atoms with Gasteiger partial charge in [-0.2, -0.15) is 0 Å². The van der Waals surface area contributed by atoms with Crippen LogP contribution in [0.2, 0.25) is 0 Å². The van der Waals surface area contributed by atoms with Crippen molar-refractivity contribution in [1.29, 1.82) is 0 Å². The van der Waals surface area contributed by atoms with Crippen LogP contribution in [0, 0.1) is 0 Å². The van der Waals surface area contributed by atoms with Gasteiger partial charge in [0.05, 0.1) is 0 Å². The summed E-state index contributed by atoms with van der Waals surface area (Å²) in [5.41, 5.74) is 0. The number of unbranched alkanes of at least 4 members (excludes halogenated alkanes) is 36. The zero-order chi connectivity index (χ0) is 47.9. The van der Waals surface area contributed by atoms with E-state index in [4.69, 9.17) is 14.2 Å². The number of ether oxygens (including phenoxy) is 3. The average Bonchev–Trinajstić information content (AvgIpc) is 3.31. The van der Waals surface area contributed by atoms with Crippen LogP contribution in [-0.4, -0.2) is 37.2 Å². The van der Waals surface area contributed by atoms with Crippen molar-refractivity contribution < 1.29 is 28.6 Å². The summed E-state index contributed by atoms with van der Waals surface area (Å²) in [5.74, 6) is -0.882. The quantitative estimate of drug-likeness (QED) is 0.0262. The minimum absolute atomic E-state index is 0.0729. The number of hydrogen-bond donors (Lipinski definition) is 0. The van der Waals surface area contributed by atoms with Gasteiger partial charge < -0.3 is 14.2 Å². The van der Waals surface area contributed by atoms with E-state index in [-0.39, 0.29) is 31.1 Å². The van der Waals surface area contributed by atoms with Gasteiger partial charge in [0.2, 0.25) is 0 Å². The number of allylic oxidation sites excluding steroid dienone is 6. The molecule has 0 aromatic rings. The maximum Gasteiger partial charge on any atom is 0.306 e. The van der Waals surface area contributed by atoms with E-state index >= 15 is 0 Å². The summed E-state index contributed by atoms with van der Waals surface area (Å²) in [7, 11) is 0. The van der Waals surface area contributed by atoms with Crippen LogP contribution in [0.3, 0.4) is 0 Å². The average molecular weight is 928 g/mol. The lowest BCUT2D eigenvalue weighted by Crippen LogP contribution is -2.30. The fourth-order valence-electron chi connectivity index (χ4n) is 8.47. The summed E-state index contributed by atoms with van der Waals surface area (Å²) in [6.07, 6.45) is 66.2. The molecule has 6 heteroatoms. The Labute approximate surface area is 410 Å². The zero-order valence-electron chi connectivity index (χ0n) is 44.2. The highest BCUT2D eigenvalue weighted by Gasteiger charge is 2.19. The molecule has 0 saturated carbocycles. The summed E-state index contributed by atoms with van der Waals surface area (Å²) in [6.45, 7) is 6.57. The van der Waals surface area contributed by atoms with Crippen molar-refractivity contribution in [3.05, 3.63) is 36.5 Å². The van der Waals surface area contributed by atoms with Crippen molar-refractivity contribution in [3.8, 4) is 0 Å². The van der Waals surface area contributed by atoms with Crippen molar-refractivity contribution in [2.75, 3.05) is 13.2 Å². The molecule has 0 aliphatic heterocycles. The summed E-state index contributed by atoms with van der Waals surface area (Å²) in [5, 5.41) is 0. The Bertz CT molecular complexity index is 1110. The highest BCUT2D eigenvalue weighted by Crippen LogP contribution is 2.16. The monoisotopic (exact) mass is 927 g/mol. The van der Waals surface area contributed by atoms with Gasteiger partial charge in [-0.3, -0.25) is 14.4 Å². The molecular weight excluding hydrogens is 817 g/mol. The van der Waals surface area contributed by atoms with Gasteiger partial charge in [0, 0.05) is 19.3 Å². The summed E-state index contributed by atoms with van der Waals surface area (Å²) < 4.78 is 16.7. The standard InChI is InChI=1S/C60H110O6/c1-4-7-10-13-15-17-19-21-23-25-26-27-28-29-30-31-32-33-34-35-37-38-40-42-44-47-50-53-59(62)65-56-57(55-64-58(61)52-49-46-12-9-6-3)66-60(63)54-51-48-45-43-41-39-36-24-22-20-18-16-14-11-8-5-2/h19,21,24-26,36,57H,4-18,20,22-23,27-35,37-56H2,1-3H3/b21-19-,26-25-,36-24-. The van der Waals surface area contributed by atoms with Crippen LogP contribution < -0.4 is 0 Å². The molecule has 66 heavy (non-hydrogen) atoms. The first kappa shape index (κ1) is 63.6. The molecule has 0 spiro atoms. The topological polar surface area (TPSA) is 78.9 Å². The zero-order valence-corrected chi connectivity index (χ0v) is 44.2. The summed E-state index contributed by atoms with van der Waals surface area (Å²) >= 11 is 0. The smallest absolute Gasteiger partial charge is 0.306 e. The Morgan fingerprint density at radius 2 is 0.545 bits per heavy atom. The molecule has 0 radical (unpaired) electrons. The lowest BCUT2D eigenvalue weighted by atomic mass is 10.0. The van der Waals surface area contributed by atoms with Crippen LogP contribution >= 0.6 is 0 Å². The molecule has 6 nitrogen and oxygen atoms in total. The first-order valence-corrected chi connectivity index (χ1v) is 29.0. The number of rotatable bonds is 53. The largest absolute Gasteiger partial charge is 0.462 e. The van der Waals surface area contributed by atoms with Gasteiger partial charge in [0.1, 0.15) is 13.2 Å². The van der Waals surface area contributed by atoms with Gasteiger partial charge >= 0.3 is 17.9 Å². The summed E-state index contributed by atoms with van der Waals surface area (Å²) in [4.78, 5) is 37.8. The van der Waals surface area contributed by atoms with E-state index in [1.54, 1.807) is 0 Å². The van der Waals surface area contributed by atoms with Crippen molar-refractivity contribution in [2.24, 2.45) is 0 Å². The van der Waals surface area contributed by atoms with Gasteiger partial charge in [-0.25, -0.2) is 0 Å². The number of hydrogen-bond acceptors (Lipinski definition) is 6. The predicted molar refractivity (Wildman–Crippen MR) is 284 cm³/mol. The Morgan fingerprint density at radius 1 is 0.303 bits per heavy atom. The van der Waals surface area contributed by atoms with Crippen LogP contribution in [0.25, 0.3) is 0 Å². The molecule has 0 saturated heterocycles. The van der Waals surface area contributed by atoms with E-state index in [1.807, 2.05) is 0 Å². The van der Waals surface area contributed by atoms with Gasteiger partial charge in [0.25, 0.3) is 0 Å². The third kappa shape index (κ3) is 52.6. The van der Waals surface area contributed by atoms with Crippen LogP contribution in [0.1, 0.15) is 310 Å². The Morgan fingerprint density at radius 3 is 0.848 bits per heavy atom. The van der Waals surface area contributed by atoms with Gasteiger partial charge in [-0.05, 0) is 77.0 Å². The third-order valence-electron chi connectivity index (χ3n) is 12.9. The maximum atomic E-state index is 12.8. The molecule has 0 aromatic heterocycles. The number of carbonyl (C=O) groups excluding carboxylic acids is 3. The van der Waals surface area contributed by atoms with Crippen LogP contribution in [0.4, 0.5) is 0 Å². The lowest BCUT2D eigenvalue weighted by molar-refractivity contribution is -0.167. The molecule has 0 aliphatic rings. The first-order chi connectivity index (χ1) is 32.5. The fourth-order valence-corrected chi connectivity index (χ4v) is 8.47. The predicted octanol–water partition coefficient (Wildman–Crippen LogP) is 19.3. The van der Waals surface area contributed by atoms with E-state index in [2.05, 4.69) is 57.2 Å². The van der Waals surface area contributed by atoms with Gasteiger partial charge in [-0.1, -0.05) is 250 Å². The lowest BCUT2D eigenvalue weighted by Gasteiger charge is -2.18. The first-order valence-electron chi connectivity index (χ1n) is 29.0. The minimum atomic E-state index is -0.770. The number of carbonyl (C=O) groups is 3. The number of esters is 3. The van der Waals surface area contributed by atoms with Crippen LogP contribution in [0.15, 0.2) is 36.5 Å². The fraction of sp³-hybridized carbons (Fsp3) is 0.850. The van der Waals surface area contributed by atoms with E-state index < -0.39 is 6.10 Å². The van der Waals surface area contributed by atoms with E-state index in [1.165, 1.54) is 193 Å². The molecule has 0 heterocycles. The molecule has 0 amide bonds. The second-order valence-electron chi connectivity index (χ2n) is 19.6. The highest BCUT2D eigenvalue weighted by molar-refractivity contribution is 5.71. The highest BCUT2D eigenvalue weighted by atomic mass is 16.6. The second kappa shape index (κ2) is 55.2. The molecule has 0 aromatic carbocycles. The molecule has 0 fully saturated rings. The van der Waals surface area contributed by atoms with Crippen molar-refractivity contribution in [3.63, 3.8) is 0 Å². The minimum Gasteiger partial charge on any atom is -0.462 e. The molecule has 1 unspecified atom stereocenters. The van der Waals surface area contributed by atoms with Crippen LogP contribution in [-0.2, 0) is 28.6 Å². The molecule has 0 aliphatic carbocycles. The van der Waals surface area contributed by atoms with Gasteiger partial charge in [0.15, 0.2) is 6.10 Å². The Kier molecular flexibility index (Phi) is 53.2.